The summed E-state index contributed by atoms with van der Waals surface area (Å²) in [6.07, 6.45) is 0.746. The van der Waals surface area contributed by atoms with Gasteiger partial charge < -0.3 is 14.4 Å². The van der Waals surface area contributed by atoms with E-state index in [-0.39, 0.29) is 12.1 Å². The molecular weight excluding hydrogens is 422 g/mol. The molecule has 1 saturated heterocycles. The minimum absolute atomic E-state index is 0.0660. The number of carbonyl (C=O) groups excluding carboxylic acids is 1. The summed E-state index contributed by atoms with van der Waals surface area (Å²) < 4.78 is 11.9. The number of amides is 1. The van der Waals surface area contributed by atoms with Crippen molar-refractivity contribution in [2.24, 2.45) is 0 Å². The number of rotatable bonds is 5. The lowest BCUT2D eigenvalue weighted by Gasteiger charge is -2.42. The molecule has 1 aromatic carbocycles. The number of nitrogens with zero attached hydrogens (tertiary/aromatic N) is 1. The van der Waals surface area contributed by atoms with Crippen LogP contribution in [0.2, 0.25) is 16.6 Å². The first-order valence-electron chi connectivity index (χ1n) is 11.8. The van der Waals surface area contributed by atoms with Crippen LogP contribution in [-0.4, -0.2) is 43.0 Å². The molecule has 2 heterocycles. The van der Waals surface area contributed by atoms with Gasteiger partial charge in [-0.05, 0) is 61.5 Å². The molecule has 1 amide bonds. The van der Waals surface area contributed by atoms with E-state index in [2.05, 4.69) is 71.0 Å². The van der Waals surface area contributed by atoms with Crippen LogP contribution < -0.4 is 4.74 Å². The maximum atomic E-state index is 12.7. The fourth-order valence-electron chi connectivity index (χ4n) is 5.71. The van der Waals surface area contributed by atoms with E-state index in [1.807, 2.05) is 25.7 Å². The van der Waals surface area contributed by atoms with Gasteiger partial charge >= 0.3 is 6.09 Å². The van der Waals surface area contributed by atoms with Crippen molar-refractivity contribution in [2.75, 3.05) is 13.2 Å². The predicted molar refractivity (Wildman–Crippen MR) is 133 cm³/mol. The summed E-state index contributed by atoms with van der Waals surface area (Å²) >= 11 is 2.14. The first kappa shape index (κ1) is 24.5. The van der Waals surface area contributed by atoms with Crippen molar-refractivity contribution >= 4 is 24.5 Å². The zero-order valence-electron chi connectivity index (χ0n) is 20.8. The molecule has 1 fully saturated rings. The number of hydrogen-bond donors (Lipinski definition) is 0. The second-order valence-corrected chi connectivity index (χ2v) is 19.6. The van der Waals surface area contributed by atoms with E-state index >= 15 is 0 Å². The van der Waals surface area contributed by atoms with Crippen molar-refractivity contribution in [2.45, 2.75) is 108 Å². The van der Waals surface area contributed by atoms with Gasteiger partial charge in [-0.25, -0.2) is 4.79 Å². The number of ether oxygens (including phenoxy) is 2. The van der Waals surface area contributed by atoms with Gasteiger partial charge in [0.2, 0.25) is 0 Å². The zero-order chi connectivity index (χ0) is 23.1. The molecule has 0 radical (unpaired) electrons. The third-order valence-corrected chi connectivity index (χ3v) is 19.2. The van der Waals surface area contributed by atoms with E-state index in [1.54, 1.807) is 0 Å². The second kappa shape index (κ2) is 9.01. The van der Waals surface area contributed by atoms with Gasteiger partial charge in [-0.3, -0.25) is 0 Å². The Balaban J connectivity index is 1.82. The highest BCUT2D eigenvalue weighted by Gasteiger charge is 2.46. The molecule has 2 unspecified atom stereocenters. The highest BCUT2D eigenvalue weighted by atomic mass is 32.4. The van der Waals surface area contributed by atoms with Crippen LogP contribution in [-0.2, 0) is 4.74 Å². The number of fused-ring (bicyclic) bond motifs is 3. The highest BCUT2D eigenvalue weighted by Crippen LogP contribution is 2.53. The van der Waals surface area contributed by atoms with Crippen LogP contribution >= 0.6 is 11.2 Å². The van der Waals surface area contributed by atoms with Crippen molar-refractivity contribution in [3.8, 4) is 5.75 Å². The van der Waals surface area contributed by atoms with Crippen LogP contribution in [0.15, 0.2) is 23.1 Å². The van der Waals surface area contributed by atoms with E-state index in [0.29, 0.717) is 29.1 Å². The SMILES string of the molecule is CC(C)[Si](Sc1ccc2c(c1)OCC1C2CCN1C(=O)OC(C)(C)C)(C(C)C)C(C)C. The van der Waals surface area contributed by atoms with Gasteiger partial charge in [-0.1, -0.05) is 47.6 Å². The molecule has 1 aromatic rings. The third kappa shape index (κ3) is 4.80. The van der Waals surface area contributed by atoms with Crippen molar-refractivity contribution < 1.29 is 14.3 Å². The van der Waals surface area contributed by atoms with Crippen LogP contribution in [0.1, 0.15) is 80.2 Å². The molecular formula is C25H41NO3SSi. The van der Waals surface area contributed by atoms with E-state index in [4.69, 9.17) is 9.47 Å². The molecule has 2 atom stereocenters. The Morgan fingerprint density at radius 1 is 1.13 bits per heavy atom. The summed E-state index contributed by atoms with van der Waals surface area (Å²) in [4.78, 5) is 15.9. The van der Waals surface area contributed by atoms with Gasteiger partial charge in [0.05, 0.1) is 6.04 Å². The maximum Gasteiger partial charge on any atom is 0.410 e. The minimum Gasteiger partial charge on any atom is -0.491 e. The molecule has 0 N–H and O–H groups in total. The van der Waals surface area contributed by atoms with E-state index < -0.39 is 12.8 Å². The fourth-order valence-corrected chi connectivity index (χ4v) is 14.9. The van der Waals surface area contributed by atoms with Crippen LogP contribution in [0.3, 0.4) is 0 Å². The molecule has 2 aliphatic heterocycles. The molecule has 3 rings (SSSR count). The van der Waals surface area contributed by atoms with Gasteiger partial charge in [-0.2, -0.15) is 11.2 Å². The summed E-state index contributed by atoms with van der Waals surface area (Å²) in [5.41, 5.74) is 2.88. The molecule has 0 spiro atoms. The lowest BCUT2D eigenvalue weighted by Crippen LogP contribution is -2.45. The average Bonchev–Trinajstić information content (AvgIpc) is 3.08. The number of hydrogen-bond acceptors (Lipinski definition) is 4. The Kier molecular flexibility index (Phi) is 7.12. The van der Waals surface area contributed by atoms with Crippen LogP contribution in [0, 0.1) is 0 Å². The monoisotopic (exact) mass is 463 g/mol. The third-order valence-electron chi connectivity index (χ3n) is 6.97. The Morgan fingerprint density at radius 2 is 1.74 bits per heavy atom. The van der Waals surface area contributed by atoms with Crippen LogP contribution in [0.4, 0.5) is 4.79 Å². The Bertz CT molecular complexity index is 781. The Labute approximate surface area is 194 Å². The van der Waals surface area contributed by atoms with E-state index in [0.717, 1.165) is 18.7 Å². The number of likely N-dealkylation sites (tertiary alicyclic amines) is 1. The summed E-state index contributed by atoms with van der Waals surface area (Å²) in [5, 5.41) is 0. The molecule has 31 heavy (non-hydrogen) atoms. The molecule has 2 aliphatic rings. The predicted octanol–water partition coefficient (Wildman–Crippen LogP) is 7.44. The lowest BCUT2D eigenvalue weighted by atomic mass is 9.89. The van der Waals surface area contributed by atoms with Crippen molar-refractivity contribution in [3.63, 3.8) is 0 Å². The molecule has 0 aliphatic carbocycles. The molecule has 0 saturated carbocycles. The number of benzene rings is 1. The molecule has 4 nitrogen and oxygen atoms in total. The minimum atomic E-state index is -1.60. The first-order valence-corrected chi connectivity index (χ1v) is 15.6. The standard InChI is InChI=1S/C25H41NO3SSi/c1-16(2)31(17(3)4,18(5)6)30-19-10-11-21-20-12-13-26(24(27)29-25(7,8)9)22(20)15-28-23(21)14-19/h10-11,14,16-18,20,22H,12-13,15H2,1-9H3. The highest BCUT2D eigenvalue weighted by molar-refractivity contribution is 8.29. The fraction of sp³-hybridized carbons (Fsp3) is 0.720. The Morgan fingerprint density at radius 3 is 2.29 bits per heavy atom. The number of carbonyl (C=O) groups is 1. The average molecular weight is 464 g/mol. The topological polar surface area (TPSA) is 38.8 Å². The Hall–Kier alpha value is -1.14. The molecule has 0 aromatic heterocycles. The van der Waals surface area contributed by atoms with Gasteiger partial charge in [0.15, 0.2) is 0 Å². The zero-order valence-corrected chi connectivity index (χ0v) is 22.6. The van der Waals surface area contributed by atoms with Gasteiger partial charge in [0.25, 0.3) is 0 Å². The first-order chi connectivity index (χ1) is 14.4. The smallest absolute Gasteiger partial charge is 0.410 e. The quantitative estimate of drug-likeness (QED) is 0.425. The van der Waals surface area contributed by atoms with Crippen LogP contribution in [0.25, 0.3) is 0 Å². The second-order valence-electron chi connectivity index (χ2n) is 11.1. The van der Waals surface area contributed by atoms with Crippen molar-refractivity contribution in [3.05, 3.63) is 23.8 Å². The maximum absolute atomic E-state index is 12.7. The van der Waals surface area contributed by atoms with E-state index in [1.165, 1.54) is 10.5 Å². The van der Waals surface area contributed by atoms with Crippen molar-refractivity contribution in [1.82, 2.24) is 4.90 Å². The van der Waals surface area contributed by atoms with Crippen molar-refractivity contribution in [1.29, 1.82) is 0 Å². The van der Waals surface area contributed by atoms with E-state index in [9.17, 15) is 4.79 Å². The van der Waals surface area contributed by atoms with Crippen LogP contribution in [0.5, 0.6) is 5.75 Å². The van der Waals surface area contributed by atoms with Gasteiger partial charge in [0.1, 0.15) is 25.2 Å². The van der Waals surface area contributed by atoms with Gasteiger partial charge in [-0.15, -0.1) is 0 Å². The molecule has 174 valence electrons. The molecule has 0 bridgehead atoms. The normalized spacial score (nSPS) is 21.4. The summed E-state index contributed by atoms with van der Waals surface area (Å²) in [5.74, 6) is 1.34. The summed E-state index contributed by atoms with van der Waals surface area (Å²) in [6, 6.07) is 6.88. The lowest BCUT2D eigenvalue weighted by molar-refractivity contribution is 0.0164. The summed E-state index contributed by atoms with van der Waals surface area (Å²) in [6.45, 7) is 21.5. The largest absolute Gasteiger partial charge is 0.491 e. The van der Waals surface area contributed by atoms with Gasteiger partial charge in [0, 0.05) is 17.4 Å². The summed E-state index contributed by atoms with van der Waals surface area (Å²) in [7, 11) is -1.60. The molecule has 6 heteroatoms.